The molecule has 0 aliphatic carbocycles. The summed E-state index contributed by atoms with van der Waals surface area (Å²) in [5, 5.41) is 18.1. The maximum atomic E-state index is 9.38. The molecule has 2 heterocycles. The lowest BCUT2D eigenvalue weighted by atomic mass is 10.1. The molecular weight excluding hydrogens is 190 g/mol. The molecule has 1 aromatic heterocycles. The smallest absolute Gasteiger partial charge is 0.142 e. The molecule has 15 heavy (non-hydrogen) atoms. The van der Waals surface area contributed by atoms with Crippen LogP contribution in [0.1, 0.15) is 18.5 Å². The van der Waals surface area contributed by atoms with E-state index in [0.717, 1.165) is 31.6 Å². The lowest BCUT2D eigenvalue weighted by molar-refractivity contribution is 0.145. The van der Waals surface area contributed by atoms with Crippen LogP contribution >= 0.6 is 0 Å². The fourth-order valence-corrected chi connectivity index (χ4v) is 1.80. The minimum atomic E-state index is -0.168. The summed E-state index contributed by atoms with van der Waals surface area (Å²) in [4.78, 5) is 6.11. The predicted octanol–water partition coefficient (Wildman–Crippen LogP) is 0.914. The summed E-state index contributed by atoms with van der Waals surface area (Å²) in [5.74, 6) is 0. The average Bonchev–Trinajstić information content (AvgIpc) is 2.30. The van der Waals surface area contributed by atoms with E-state index < -0.39 is 0 Å². The number of hydrogen-bond acceptors (Lipinski definition) is 4. The quantitative estimate of drug-likeness (QED) is 0.737. The third kappa shape index (κ3) is 2.25. The molecule has 1 aliphatic heterocycles. The summed E-state index contributed by atoms with van der Waals surface area (Å²) in [6.45, 7) is 1.69. The molecule has 0 amide bonds. The molecule has 0 unspecified atom stereocenters. The van der Waals surface area contributed by atoms with Crippen LogP contribution in [-0.2, 0) is 0 Å². The maximum absolute atomic E-state index is 9.38. The molecule has 0 bridgehead atoms. The van der Waals surface area contributed by atoms with Crippen molar-refractivity contribution in [2.45, 2.75) is 18.9 Å². The van der Waals surface area contributed by atoms with Gasteiger partial charge in [0.25, 0.3) is 0 Å². The minimum Gasteiger partial charge on any atom is -0.393 e. The highest BCUT2D eigenvalue weighted by Gasteiger charge is 2.17. The monoisotopic (exact) mass is 203 g/mol. The molecule has 0 aromatic carbocycles. The van der Waals surface area contributed by atoms with E-state index in [0.29, 0.717) is 5.69 Å². The van der Waals surface area contributed by atoms with E-state index in [1.165, 1.54) is 0 Å². The minimum absolute atomic E-state index is 0.168. The number of rotatable bonds is 1. The Hall–Kier alpha value is -1.60. The zero-order chi connectivity index (χ0) is 10.7. The van der Waals surface area contributed by atoms with Crippen LogP contribution in [0, 0.1) is 11.3 Å². The summed E-state index contributed by atoms with van der Waals surface area (Å²) in [5.41, 5.74) is 1.46. The van der Waals surface area contributed by atoms with E-state index in [1.807, 2.05) is 12.1 Å². The summed E-state index contributed by atoms with van der Waals surface area (Å²) < 4.78 is 0. The van der Waals surface area contributed by atoms with Crippen molar-refractivity contribution in [2.75, 3.05) is 18.0 Å². The van der Waals surface area contributed by atoms with Crippen molar-refractivity contribution in [2.24, 2.45) is 0 Å². The second kappa shape index (κ2) is 4.28. The highest BCUT2D eigenvalue weighted by molar-refractivity contribution is 5.49. The van der Waals surface area contributed by atoms with Crippen LogP contribution < -0.4 is 4.90 Å². The molecule has 1 aliphatic rings. The summed E-state index contributed by atoms with van der Waals surface area (Å²) in [6.07, 6.45) is 3.08. The molecule has 0 radical (unpaired) electrons. The van der Waals surface area contributed by atoms with Gasteiger partial charge < -0.3 is 10.0 Å². The van der Waals surface area contributed by atoms with Gasteiger partial charge in [-0.3, -0.25) is 0 Å². The van der Waals surface area contributed by atoms with Gasteiger partial charge in [0.1, 0.15) is 11.8 Å². The Balaban J connectivity index is 2.12. The van der Waals surface area contributed by atoms with E-state index in [-0.39, 0.29) is 6.10 Å². The fraction of sp³-hybridized carbons (Fsp3) is 0.455. The van der Waals surface area contributed by atoms with Crippen molar-refractivity contribution in [3.05, 3.63) is 24.0 Å². The standard InChI is InChI=1S/C11H13N3O/c12-8-9-7-10(1-4-13-9)14-5-2-11(15)3-6-14/h1,4,7,11,15H,2-3,5-6H2. The molecule has 1 N–H and O–H groups in total. The first-order valence-electron chi connectivity index (χ1n) is 5.09. The molecule has 4 nitrogen and oxygen atoms in total. The van der Waals surface area contributed by atoms with Gasteiger partial charge in [-0.15, -0.1) is 0 Å². The van der Waals surface area contributed by atoms with Crippen molar-refractivity contribution < 1.29 is 5.11 Å². The van der Waals surface area contributed by atoms with Gasteiger partial charge in [0.05, 0.1) is 6.10 Å². The number of nitrogens with zero attached hydrogens (tertiary/aromatic N) is 3. The average molecular weight is 203 g/mol. The number of aromatic nitrogens is 1. The van der Waals surface area contributed by atoms with Gasteiger partial charge in [-0.25, -0.2) is 4.98 Å². The largest absolute Gasteiger partial charge is 0.393 e. The SMILES string of the molecule is N#Cc1cc(N2CCC(O)CC2)ccn1. The predicted molar refractivity (Wildman–Crippen MR) is 56.4 cm³/mol. The van der Waals surface area contributed by atoms with E-state index >= 15 is 0 Å². The first kappa shape index (κ1) is 9.94. The number of hydrogen-bond donors (Lipinski definition) is 1. The van der Waals surface area contributed by atoms with Gasteiger partial charge in [0, 0.05) is 25.0 Å². The maximum Gasteiger partial charge on any atom is 0.142 e. The Morgan fingerprint density at radius 1 is 1.47 bits per heavy atom. The van der Waals surface area contributed by atoms with Crippen LogP contribution in [0.2, 0.25) is 0 Å². The second-order valence-corrected chi connectivity index (χ2v) is 3.73. The molecule has 4 heteroatoms. The molecule has 78 valence electrons. The van der Waals surface area contributed by atoms with Gasteiger partial charge >= 0.3 is 0 Å². The van der Waals surface area contributed by atoms with Crippen LogP contribution in [0.3, 0.4) is 0 Å². The van der Waals surface area contributed by atoms with Crippen molar-refractivity contribution >= 4 is 5.69 Å². The van der Waals surface area contributed by atoms with Crippen LogP contribution in [0.15, 0.2) is 18.3 Å². The van der Waals surface area contributed by atoms with Crippen LogP contribution in [0.25, 0.3) is 0 Å². The number of aliphatic hydroxyl groups is 1. The van der Waals surface area contributed by atoms with Gasteiger partial charge in [0.2, 0.25) is 0 Å². The highest BCUT2D eigenvalue weighted by Crippen LogP contribution is 2.19. The third-order valence-electron chi connectivity index (χ3n) is 2.69. The van der Waals surface area contributed by atoms with Crippen molar-refractivity contribution in [1.29, 1.82) is 5.26 Å². The van der Waals surface area contributed by atoms with Crippen LogP contribution in [0.5, 0.6) is 0 Å². The number of pyridine rings is 1. The lowest BCUT2D eigenvalue weighted by Crippen LogP contribution is -2.35. The zero-order valence-electron chi connectivity index (χ0n) is 8.43. The van der Waals surface area contributed by atoms with Crippen molar-refractivity contribution in [1.82, 2.24) is 4.98 Å². The third-order valence-corrected chi connectivity index (χ3v) is 2.69. The number of piperidine rings is 1. The van der Waals surface area contributed by atoms with Gasteiger partial charge in [-0.1, -0.05) is 0 Å². The Bertz CT molecular complexity index is 378. The second-order valence-electron chi connectivity index (χ2n) is 3.73. The van der Waals surface area contributed by atoms with E-state index in [4.69, 9.17) is 5.26 Å². The Labute approximate surface area is 88.8 Å². The Kier molecular flexibility index (Phi) is 2.84. The fourth-order valence-electron chi connectivity index (χ4n) is 1.80. The zero-order valence-corrected chi connectivity index (χ0v) is 8.43. The lowest BCUT2D eigenvalue weighted by Gasteiger charge is -2.31. The van der Waals surface area contributed by atoms with Crippen molar-refractivity contribution in [3.8, 4) is 6.07 Å². The topological polar surface area (TPSA) is 60.2 Å². The summed E-state index contributed by atoms with van der Waals surface area (Å²) in [6, 6.07) is 5.72. The first-order valence-corrected chi connectivity index (χ1v) is 5.09. The van der Waals surface area contributed by atoms with Crippen LogP contribution in [-0.4, -0.2) is 29.3 Å². The van der Waals surface area contributed by atoms with Gasteiger partial charge in [-0.05, 0) is 25.0 Å². The molecule has 0 atom stereocenters. The molecule has 0 saturated carbocycles. The molecular formula is C11H13N3O. The molecule has 0 spiro atoms. The Morgan fingerprint density at radius 2 is 2.20 bits per heavy atom. The number of nitriles is 1. The summed E-state index contributed by atoms with van der Waals surface area (Å²) >= 11 is 0. The summed E-state index contributed by atoms with van der Waals surface area (Å²) in [7, 11) is 0. The highest BCUT2D eigenvalue weighted by atomic mass is 16.3. The molecule has 1 aromatic rings. The normalized spacial score (nSPS) is 17.5. The van der Waals surface area contributed by atoms with E-state index in [9.17, 15) is 5.11 Å². The number of aliphatic hydroxyl groups excluding tert-OH is 1. The van der Waals surface area contributed by atoms with Gasteiger partial charge in [0.15, 0.2) is 0 Å². The van der Waals surface area contributed by atoms with Crippen molar-refractivity contribution in [3.63, 3.8) is 0 Å². The molecule has 2 rings (SSSR count). The molecule has 1 fully saturated rings. The van der Waals surface area contributed by atoms with Crippen LogP contribution in [0.4, 0.5) is 5.69 Å². The van der Waals surface area contributed by atoms with Gasteiger partial charge in [-0.2, -0.15) is 5.26 Å². The Morgan fingerprint density at radius 3 is 2.87 bits per heavy atom. The van der Waals surface area contributed by atoms with E-state index in [2.05, 4.69) is 9.88 Å². The number of anilines is 1. The first-order chi connectivity index (χ1) is 7.29. The van der Waals surface area contributed by atoms with E-state index in [1.54, 1.807) is 12.3 Å². The molecule has 1 saturated heterocycles.